The molecule has 0 atom stereocenters. The topological polar surface area (TPSA) is 58.6 Å². The summed E-state index contributed by atoms with van der Waals surface area (Å²) in [4.78, 5) is 25.3. The van der Waals surface area contributed by atoms with Crippen LogP contribution in [0.15, 0.2) is 48.8 Å². The highest BCUT2D eigenvalue weighted by atomic mass is 16.1. The summed E-state index contributed by atoms with van der Waals surface area (Å²) in [6.07, 6.45) is 4.93. The fraction of sp³-hybridized carbons (Fsp3) is 0.250. The maximum Gasteiger partial charge on any atom is 0.165 e. The number of aromatic nitrogens is 3. The lowest BCUT2D eigenvalue weighted by atomic mass is 9.75. The van der Waals surface area contributed by atoms with Crippen LogP contribution in [0.4, 0.5) is 0 Å². The summed E-state index contributed by atoms with van der Waals surface area (Å²) in [6, 6.07) is 11.6. The predicted molar refractivity (Wildman–Crippen MR) is 93.7 cm³/mol. The second kappa shape index (κ2) is 5.41. The van der Waals surface area contributed by atoms with Crippen molar-refractivity contribution in [1.82, 2.24) is 15.0 Å². The van der Waals surface area contributed by atoms with Crippen molar-refractivity contribution in [3.8, 4) is 22.6 Å². The first-order valence-electron chi connectivity index (χ1n) is 8.16. The zero-order valence-corrected chi connectivity index (χ0v) is 13.8. The lowest BCUT2D eigenvalue weighted by Gasteiger charge is -2.28. The Hall–Kier alpha value is -2.75. The molecule has 4 rings (SSSR count). The monoisotopic (exact) mass is 317 g/mol. The molecule has 0 spiro atoms. The lowest BCUT2D eigenvalue weighted by molar-refractivity contribution is 0.0912. The van der Waals surface area contributed by atoms with Crippen molar-refractivity contribution in [2.24, 2.45) is 5.41 Å². The highest BCUT2D eigenvalue weighted by Crippen LogP contribution is 2.42. The van der Waals surface area contributed by atoms with E-state index >= 15 is 0 Å². The third-order valence-corrected chi connectivity index (χ3v) is 4.49. The smallest absolute Gasteiger partial charge is 0.165 e. The van der Waals surface area contributed by atoms with Crippen LogP contribution >= 0.6 is 0 Å². The number of aromatic amines is 1. The number of pyridine rings is 2. The summed E-state index contributed by atoms with van der Waals surface area (Å²) < 4.78 is 0. The van der Waals surface area contributed by atoms with Crippen LogP contribution in [0.2, 0.25) is 0 Å². The lowest BCUT2D eigenvalue weighted by Crippen LogP contribution is -2.26. The minimum Gasteiger partial charge on any atom is -0.356 e. The highest BCUT2D eigenvalue weighted by molar-refractivity contribution is 6.07. The molecule has 3 aromatic rings. The normalized spacial score (nSPS) is 16.0. The molecule has 0 bridgehead atoms. The van der Waals surface area contributed by atoms with Gasteiger partial charge in [0.15, 0.2) is 5.78 Å². The van der Waals surface area contributed by atoms with Crippen molar-refractivity contribution >= 4 is 5.78 Å². The van der Waals surface area contributed by atoms with Gasteiger partial charge in [0.05, 0.1) is 17.1 Å². The van der Waals surface area contributed by atoms with E-state index in [1.807, 2.05) is 36.4 Å². The molecule has 0 unspecified atom stereocenters. The molecule has 0 amide bonds. The molecule has 3 aromatic heterocycles. The third kappa shape index (κ3) is 2.44. The minimum absolute atomic E-state index is 0.0301. The number of hydrogen-bond acceptors (Lipinski definition) is 3. The number of nitrogens with one attached hydrogen (secondary N) is 1. The number of hydrogen-bond donors (Lipinski definition) is 1. The number of carbonyl (C=O) groups is 1. The first-order valence-corrected chi connectivity index (χ1v) is 8.16. The van der Waals surface area contributed by atoms with Gasteiger partial charge in [-0.3, -0.25) is 14.8 Å². The van der Waals surface area contributed by atoms with E-state index < -0.39 is 0 Å². The minimum atomic E-state index is -0.0301. The Bertz CT molecular complexity index is 895. The van der Waals surface area contributed by atoms with E-state index in [0.29, 0.717) is 6.42 Å². The Morgan fingerprint density at radius 2 is 1.58 bits per heavy atom. The Morgan fingerprint density at radius 3 is 2.21 bits per heavy atom. The Balaban J connectivity index is 2.00. The summed E-state index contributed by atoms with van der Waals surface area (Å²) in [5.41, 5.74) is 5.15. The molecular formula is C20H19N3O. The standard InChI is InChI=1S/C20H19N3O/c1-20(2)11-15-17(16(24)12-20)18(13-7-3-5-9-21-13)19(23-15)14-8-4-6-10-22-14/h3-10,23H,11-12H2,1-2H3. The molecule has 1 aliphatic carbocycles. The van der Waals surface area contributed by atoms with Crippen molar-refractivity contribution in [2.45, 2.75) is 26.7 Å². The van der Waals surface area contributed by atoms with Gasteiger partial charge in [-0.1, -0.05) is 26.0 Å². The zero-order chi connectivity index (χ0) is 16.7. The molecule has 0 fully saturated rings. The average Bonchev–Trinajstić information content (AvgIpc) is 2.94. The number of fused-ring (bicyclic) bond motifs is 1. The van der Waals surface area contributed by atoms with Gasteiger partial charge in [-0.2, -0.15) is 0 Å². The number of ketones is 1. The molecule has 4 heteroatoms. The van der Waals surface area contributed by atoms with E-state index in [1.54, 1.807) is 12.4 Å². The number of rotatable bonds is 2. The number of carbonyl (C=O) groups excluding carboxylic acids is 1. The van der Waals surface area contributed by atoms with Crippen LogP contribution in [0.5, 0.6) is 0 Å². The Morgan fingerprint density at radius 1 is 0.917 bits per heavy atom. The number of H-pyrrole nitrogens is 1. The van der Waals surface area contributed by atoms with Gasteiger partial charge in [0, 0.05) is 35.6 Å². The highest BCUT2D eigenvalue weighted by Gasteiger charge is 2.36. The first kappa shape index (κ1) is 14.8. The first-order chi connectivity index (χ1) is 11.6. The van der Waals surface area contributed by atoms with Crippen LogP contribution in [0.25, 0.3) is 22.6 Å². The van der Waals surface area contributed by atoms with Crippen molar-refractivity contribution in [3.05, 3.63) is 60.0 Å². The summed E-state index contributed by atoms with van der Waals surface area (Å²) in [6.45, 7) is 4.27. The van der Waals surface area contributed by atoms with Crippen LogP contribution in [-0.4, -0.2) is 20.7 Å². The van der Waals surface area contributed by atoms with Gasteiger partial charge in [0.1, 0.15) is 0 Å². The summed E-state index contributed by atoms with van der Waals surface area (Å²) in [5, 5.41) is 0. The van der Waals surface area contributed by atoms with Gasteiger partial charge in [0.2, 0.25) is 0 Å². The van der Waals surface area contributed by atoms with Crippen molar-refractivity contribution in [1.29, 1.82) is 0 Å². The molecule has 0 radical (unpaired) electrons. The average molecular weight is 317 g/mol. The third-order valence-electron chi connectivity index (χ3n) is 4.49. The second-order valence-electron chi connectivity index (χ2n) is 7.10. The van der Waals surface area contributed by atoms with Crippen molar-refractivity contribution < 1.29 is 4.79 Å². The van der Waals surface area contributed by atoms with Crippen molar-refractivity contribution in [3.63, 3.8) is 0 Å². The fourth-order valence-electron chi connectivity index (χ4n) is 3.53. The largest absolute Gasteiger partial charge is 0.356 e. The molecule has 0 saturated carbocycles. The van der Waals surface area contributed by atoms with Gasteiger partial charge in [-0.15, -0.1) is 0 Å². The predicted octanol–water partition coefficient (Wildman–Crippen LogP) is 4.29. The van der Waals surface area contributed by atoms with E-state index in [2.05, 4.69) is 28.8 Å². The van der Waals surface area contributed by atoms with Crippen LogP contribution in [-0.2, 0) is 6.42 Å². The SMILES string of the molecule is CC1(C)CC(=O)c2c([nH]c(-c3ccccn3)c2-c2ccccn2)C1. The van der Waals surface area contributed by atoms with E-state index in [1.165, 1.54) is 0 Å². The number of nitrogens with zero attached hydrogens (tertiary/aromatic N) is 2. The summed E-state index contributed by atoms with van der Waals surface area (Å²) >= 11 is 0. The van der Waals surface area contributed by atoms with Gasteiger partial charge >= 0.3 is 0 Å². The van der Waals surface area contributed by atoms with E-state index in [9.17, 15) is 4.79 Å². The van der Waals surface area contributed by atoms with Crippen LogP contribution in [0.1, 0.15) is 36.3 Å². The summed E-state index contributed by atoms with van der Waals surface area (Å²) in [5.74, 6) is 0.181. The molecule has 24 heavy (non-hydrogen) atoms. The van der Waals surface area contributed by atoms with Crippen LogP contribution in [0.3, 0.4) is 0 Å². The van der Waals surface area contributed by atoms with E-state index in [0.717, 1.165) is 40.3 Å². The molecule has 0 aromatic carbocycles. The van der Waals surface area contributed by atoms with Gasteiger partial charge in [-0.05, 0) is 36.1 Å². The van der Waals surface area contributed by atoms with Crippen LogP contribution < -0.4 is 0 Å². The molecule has 1 aliphatic rings. The molecule has 3 heterocycles. The summed E-state index contributed by atoms with van der Waals surface area (Å²) in [7, 11) is 0. The van der Waals surface area contributed by atoms with Gasteiger partial charge in [-0.25, -0.2) is 0 Å². The molecule has 120 valence electrons. The van der Waals surface area contributed by atoms with Crippen molar-refractivity contribution in [2.75, 3.05) is 0 Å². The molecule has 0 aliphatic heterocycles. The molecule has 1 N–H and O–H groups in total. The maximum atomic E-state index is 12.9. The molecule has 0 saturated heterocycles. The van der Waals surface area contributed by atoms with E-state index in [4.69, 9.17) is 0 Å². The van der Waals surface area contributed by atoms with Crippen LogP contribution in [0, 0.1) is 5.41 Å². The number of Topliss-reactive ketones (excluding diaryl/α,β-unsaturated/α-hetero) is 1. The Labute approximate surface area is 141 Å². The molecule has 4 nitrogen and oxygen atoms in total. The zero-order valence-electron chi connectivity index (χ0n) is 13.8. The fourth-order valence-corrected chi connectivity index (χ4v) is 3.53. The second-order valence-corrected chi connectivity index (χ2v) is 7.10. The molecular weight excluding hydrogens is 298 g/mol. The Kier molecular flexibility index (Phi) is 3.34. The maximum absolute atomic E-state index is 12.9. The van der Waals surface area contributed by atoms with E-state index in [-0.39, 0.29) is 11.2 Å². The van der Waals surface area contributed by atoms with Gasteiger partial charge < -0.3 is 4.98 Å². The quantitative estimate of drug-likeness (QED) is 0.767. The van der Waals surface area contributed by atoms with Gasteiger partial charge in [0.25, 0.3) is 0 Å².